The van der Waals surface area contributed by atoms with Gasteiger partial charge in [-0.1, -0.05) is 29.8 Å². The van der Waals surface area contributed by atoms with Crippen LogP contribution in [0.25, 0.3) is 0 Å². The Hall–Kier alpha value is -2.82. The summed E-state index contributed by atoms with van der Waals surface area (Å²) >= 11 is 0. The van der Waals surface area contributed by atoms with Gasteiger partial charge in [0.2, 0.25) is 5.91 Å². The number of hydrogen-bond acceptors (Lipinski definition) is 3. The molecule has 0 heterocycles. The second kappa shape index (κ2) is 8.15. The Morgan fingerprint density at radius 1 is 1.12 bits per heavy atom. The summed E-state index contributed by atoms with van der Waals surface area (Å²) in [6.45, 7) is 2.47. The molecule has 24 heavy (non-hydrogen) atoms. The first-order chi connectivity index (χ1) is 11.5. The highest BCUT2D eigenvalue weighted by Gasteiger charge is 2.09. The molecule has 2 aromatic carbocycles. The lowest BCUT2D eigenvalue weighted by Crippen LogP contribution is -2.27. The number of carboxylic acids is 1. The molecule has 5 heteroatoms. The third-order valence-corrected chi connectivity index (χ3v) is 3.72. The van der Waals surface area contributed by atoms with Gasteiger partial charge in [0.05, 0.1) is 19.1 Å². The van der Waals surface area contributed by atoms with Crippen molar-refractivity contribution in [1.82, 2.24) is 5.32 Å². The van der Waals surface area contributed by atoms with E-state index in [4.69, 9.17) is 9.84 Å². The Morgan fingerprint density at radius 2 is 1.83 bits per heavy atom. The summed E-state index contributed by atoms with van der Waals surface area (Å²) < 4.78 is 5.28. The van der Waals surface area contributed by atoms with Gasteiger partial charge in [0.15, 0.2) is 0 Å². The number of methoxy groups -OCH3 is 1. The van der Waals surface area contributed by atoms with Crippen molar-refractivity contribution in [1.29, 1.82) is 0 Å². The standard InChI is InChI=1S/C19H21NO4/c1-13-3-8-17(24-2)16(11-13)12-18(21)20-10-9-14-4-6-15(7-5-14)19(22)23/h3-8,11H,9-10,12H2,1-2H3,(H,20,21)(H,22,23). The van der Waals surface area contributed by atoms with E-state index >= 15 is 0 Å². The lowest BCUT2D eigenvalue weighted by Gasteiger charge is -2.10. The van der Waals surface area contributed by atoms with Gasteiger partial charge in [-0.15, -0.1) is 0 Å². The fourth-order valence-corrected chi connectivity index (χ4v) is 2.44. The molecule has 126 valence electrons. The molecular formula is C19H21NO4. The predicted molar refractivity (Wildman–Crippen MR) is 91.6 cm³/mol. The van der Waals surface area contributed by atoms with Crippen molar-refractivity contribution < 1.29 is 19.4 Å². The molecule has 0 aliphatic rings. The highest BCUT2D eigenvalue weighted by atomic mass is 16.5. The van der Waals surface area contributed by atoms with Crippen LogP contribution in [0.5, 0.6) is 5.75 Å². The SMILES string of the molecule is COc1ccc(C)cc1CC(=O)NCCc1ccc(C(=O)O)cc1. The number of amides is 1. The number of aromatic carboxylic acids is 1. The van der Waals surface area contributed by atoms with Gasteiger partial charge in [-0.3, -0.25) is 4.79 Å². The van der Waals surface area contributed by atoms with E-state index in [2.05, 4.69) is 5.32 Å². The number of carboxylic acid groups (broad SMARTS) is 1. The molecule has 0 spiro atoms. The lowest BCUT2D eigenvalue weighted by atomic mass is 10.1. The van der Waals surface area contributed by atoms with Gasteiger partial charge in [-0.05, 0) is 37.1 Å². The molecule has 0 aliphatic carbocycles. The Morgan fingerprint density at radius 3 is 2.46 bits per heavy atom. The second-order valence-electron chi connectivity index (χ2n) is 5.59. The Bertz CT molecular complexity index is 723. The van der Waals surface area contributed by atoms with Gasteiger partial charge in [-0.25, -0.2) is 4.79 Å². The van der Waals surface area contributed by atoms with Gasteiger partial charge >= 0.3 is 5.97 Å². The molecule has 0 fully saturated rings. The fraction of sp³-hybridized carbons (Fsp3) is 0.263. The Labute approximate surface area is 141 Å². The van der Waals surface area contributed by atoms with E-state index in [-0.39, 0.29) is 17.9 Å². The van der Waals surface area contributed by atoms with Gasteiger partial charge in [0.1, 0.15) is 5.75 Å². The van der Waals surface area contributed by atoms with Crippen LogP contribution >= 0.6 is 0 Å². The Kier molecular flexibility index (Phi) is 5.95. The third-order valence-electron chi connectivity index (χ3n) is 3.72. The normalized spacial score (nSPS) is 10.2. The summed E-state index contributed by atoms with van der Waals surface area (Å²) in [6.07, 6.45) is 0.916. The number of benzene rings is 2. The molecule has 0 atom stereocenters. The number of hydrogen-bond donors (Lipinski definition) is 2. The molecule has 0 radical (unpaired) electrons. The van der Waals surface area contributed by atoms with E-state index in [1.165, 1.54) is 0 Å². The molecule has 1 amide bonds. The van der Waals surface area contributed by atoms with Gasteiger partial charge in [-0.2, -0.15) is 0 Å². The monoisotopic (exact) mass is 327 g/mol. The fourth-order valence-electron chi connectivity index (χ4n) is 2.44. The maximum Gasteiger partial charge on any atom is 0.335 e. The summed E-state index contributed by atoms with van der Waals surface area (Å²) in [5, 5.41) is 11.7. The number of carbonyl (C=O) groups excluding carboxylic acids is 1. The van der Waals surface area contributed by atoms with Crippen LogP contribution < -0.4 is 10.1 Å². The molecule has 0 aromatic heterocycles. The number of aryl methyl sites for hydroxylation is 1. The minimum Gasteiger partial charge on any atom is -0.496 e. The molecular weight excluding hydrogens is 306 g/mol. The summed E-state index contributed by atoms with van der Waals surface area (Å²) in [5.41, 5.74) is 3.18. The highest BCUT2D eigenvalue weighted by Crippen LogP contribution is 2.20. The largest absolute Gasteiger partial charge is 0.496 e. The van der Waals surface area contributed by atoms with E-state index in [9.17, 15) is 9.59 Å². The first-order valence-corrected chi connectivity index (χ1v) is 7.72. The van der Waals surface area contributed by atoms with Crippen molar-refractivity contribution in [3.05, 3.63) is 64.7 Å². The first-order valence-electron chi connectivity index (χ1n) is 7.72. The van der Waals surface area contributed by atoms with Gasteiger partial charge in [0.25, 0.3) is 0 Å². The predicted octanol–water partition coefficient (Wildman–Crippen LogP) is 2.60. The number of rotatable bonds is 7. The molecule has 5 nitrogen and oxygen atoms in total. The van der Waals surface area contributed by atoms with E-state index in [0.717, 1.165) is 16.7 Å². The van der Waals surface area contributed by atoms with Gasteiger partial charge < -0.3 is 15.2 Å². The topological polar surface area (TPSA) is 75.6 Å². The maximum atomic E-state index is 12.1. The molecule has 0 bridgehead atoms. The molecule has 2 aromatic rings. The first kappa shape index (κ1) is 17.5. The maximum absolute atomic E-state index is 12.1. The van der Waals surface area contributed by atoms with E-state index in [0.29, 0.717) is 18.7 Å². The third kappa shape index (κ3) is 4.84. The van der Waals surface area contributed by atoms with Crippen LogP contribution in [0, 0.1) is 6.92 Å². The summed E-state index contributed by atoms with van der Waals surface area (Å²) in [4.78, 5) is 22.9. The molecule has 0 unspecified atom stereocenters. The van der Waals surface area contributed by atoms with Crippen molar-refractivity contribution in [3.63, 3.8) is 0 Å². The highest BCUT2D eigenvalue weighted by molar-refractivity contribution is 5.87. The quantitative estimate of drug-likeness (QED) is 0.819. The minimum atomic E-state index is -0.943. The zero-order chi connectivity index (χ0) is 17.5. The summed E-state index contributed by atoms with van der Waals surface area (Å²) in [5.74, 6) is -0.303. The van der Waals surface area contributed by atoms with Crippen molar-refractivity contribution in [3.8, 4) is 5.75 Å². The number of nitrogens with one attached hydrogen (secondary N) is 1. The Balaban J connectivity index is 1.85. The molecule has 0 aliphatic heterocycles. The van der Waals surface area contributed by atoms with E-state index in [1.54, 1.807) is 31.4 Å². The second-order valence-corrected chi connectivity index (χ2v) is 5.59. The van der Waals surface area contributed by atoms with Crippen molar-refractivity contribution in [2.75, 3.05) is 13.7 Å². The van der Waals surface area contributed by atoms with Crippen LogP contribution in [0.3, 0.4) is 0 Å². The zero-order valence-electron chi connectivity index (χ0n) is 13.8. The summed E-state index contributed by atoms with van der Waals surface area (Å²) in [6, 6.07) is 12.4. The van der Waals surface area contributed by atoms with Gasteiger partial charge in [0, 0.05) is 12.1 Å². The van der Waals surface area contributed by atoms with Crippen LogP contribution in [0.2, 0.25) is 0 Å². The number of ether oxygens (including phenoxy) is 1. The average molecular weight is 327 g/mol. The van der Waals surface area contributed by atoms with Crippen LogP contribution in [0.1, 0.15) is 27.0 Å². The zero-order valence-corrected chi connectivity index (χ0v) is 13.8. The average Bonchev–Trinajstić information content (AvgIpc) is 2.55. The van der Waals surface area contributed by atoms with E-state index in [1.807, 2.05) is 25.1 Å². The van der Waals surface area contributed by atoms with Crippen molar-refractivity contribution in [2.24, 2.45) is 0 Å². The summed E-state index contributed by atoms with van der Waals surface area (Å²) in [7, 11) is 1.59. The number of carbonyl (C=O) groups is 2. The molecule has 2 N–H and O–H groups in total. The van der Waals surface area contributed by atoms with Crippen molar-refractivity contribution in [2.45, 2.75) is 19.8 Å². The smallest absolute Gasteiger partial charge is 0.335 e. The minimum absolute atomic E-state index is 0.0685. The van der Waals surface area contributed by atoms with Crippen LogP contribution in [0.15, 0.2) is 42.5 Å². The lowest BCUT2D eigenvalue weighted by molar-refractivity contribution is -0.120. The molecule has 2 rings (SSSR count). The molecule has 0 saturated heterocycles. The molecule has 0 saturated carbocycles. The van der Waals surface area contributed by atoms with Crippen LogP contribution in [-0.4, -0.2) is 30.6 Å². The van der Waals surface area contributed by atoms with Crippen LogP contribution in [0.4, 0.5) is 0 Å². The van der Waals surface area contributed by atoms with E-state index < -0.39 is 5.97 Å². The van der Waals surface area contributed by atoms with Crippen LogP contribution in [-0.2, 0) is 17.6 Å². The van der Waals surface area contributed by atoms with Crippen molar-refractivity contribution >= 4 is 11.9 Å².